The zero-order chi connectivity index (χ0) is 20.9. The van der Waals surface area contributed by atoms with Crippen molar-refractivity contribution in [2.75, 3.05) is 12.4 Å². The Labute approximate surface area is 178 Å². The zero-order valence-electron chi connectivity index (χ0n) is 16.5. The van der Waals surface area contributed by atoms with Gasteiger partial charge in [-0.2, -0.15) is 5.10 Å². The van der Waals surface area contributed by atoms with Crippen LogP contribution >= 0.6 is 11.8 Å². The van der Waals surface area contributed by atoms with Crippen LogP contribution in [0.4, 0.5) is 0 Å². The molecule has 1 aromatic carbocycles. The molecule has 9 heteroatoms. The van der Waals surface area contributed by atoms with Crippen LogP contribution in [-0.2, 0) is 11.2 Å². The minimum atomic E-state index is -1.19. The van der Waals surface area contributed by atoms with E-state index in [9.17, 15) is 15.3 Å². The number of hydrogen-bond acceptors (Lipinski definition) is 8. The second-order valence-electron chi connectivity index (χ2n) is 7.38. The number of nitrogens with zero attached hydrogens (tertiary/aromatic N) is 4. The summed E-state index contributed by atoms with van der Waals surface area (Å²) in [6, 6.07) is 10.5. The summed E-state index contributed by atoms with van der Waals surface area (Å²) in [4.78, 5) is 8.67. The van der Waals surface area contributed by atoms with Gasteiger partial charge in [0.2, 0.25) is 0 Å². The molecular weight excluding hydrogens is 404 g/mol. The lowest BCUT2D eigenvalue weighted by atomic mass is 10.1. The van der Waals surface area contributed by atoms with E-state index in [1.807, 2.05) is 6.07 Å². The van der Waals surface area contributed by atoms with E-state index in [-0.39, 0.29) is 6.61 Å². The molecule has 0 unspecified atom stereocenters. The number of aryl methyl sites for hydroxylation is 1. The van der Waals surface area contributed by atoms with Crippen molar-refractivity contribution in [3.8, 4) is 0 Å². The Kier molecular flexibility index (Phi) is 6.96. The average Bonchev–Trinajstić information content (AvgIpc) is 3.33. The summed E-state index contributed by atoms with van der Waals surface area (Å²) in [6.45, 7) is -0.381. The predicted molar refractivity (Wildman–Crippen MR) is 113 cm³/mol. The summed E-state index contributed by atoms with van der Waals surface area (Å²) in [5.74, 6) is 0.944. The van der Waals surface area contributed by atoms with Crippen molar-refractivity contribution in [3.63, 3.8) is 0 Å². The number of unbranched alkanes of at least 4 members (excludes halogenated alkanes) is 2. The number of hydrogen-bond donors (Lipinski definition) is 3. The number of ether oxygens (including phenoxy) is 1. The quantitative estimate of drug-likeness (QED) is 0.268. The molecule has 1 fully saturated rings. The first kappa shape index (κ1) is 21.2. The SMILES string of the molecule is OC[C@H]1O[C@@H](n2ncc3c(SCCCCCc4ccccc4)ncnc32)[C@H](O)[C@@H]1O. The third kappa shape index (κ3) is 4.50. The Hall–Kier alpha value is -2.04. The molecule has 0 spiro atoms. The van der Waals surface area contributed by atoms with Crippen LogP contribution < -0.4 is 0 Å². The van der Waals surface area contributed by atoms with Crippen LogP contribution in [0.5, 0.6) is 0 Å². The molecule has 0 radical (unpaired) electrons. The molecule has 160 valence electrons. The molecule has 4 rings (SSSR count). The highest BCUT2D eigenvalue weighted by molar-refractivity contribution is 7.99. The van der Waals surface area contributed by atoms with E-state index in [2.05, 4.69) is 39.3 Å². The maximum atomic E-state index is 10.3. The topological polar surface area (TPSA) is 114 Å². The summed E-state index contributed by atoms with van der Waals surface area (Å²) < 4.78 is 7.02. The molecule has 0 amide bonds. The largest absolute Gasteiger partial charge is 0.394 e. The fourth-order valence-electron chi connectivity index (χ4n) is 3.65. The molecule has 30 heavy (non-hydrogen) atoms. The molecule has 1 aliphatic rings. The van der Waals surface area contributed by atoms with Crippen molar-refractivity contribution >= 4 is 22.8 Å². The fraction of sp³-hybridized carbons (Fsp3) is 0.476. The molecule has 1 aliphatic heterocycles. The van der Waals surface area contributed by atoms with Crippen molar-refractivity contribution < 1.29 is 20.1 Å². The summed E-state index contributed by atoms with van der Waals surface area (Å²) >= 11 is 1.66. The Morgan fingerprint density at radius 1 is 1.03 bits per heavy atom. The fourth-order valence-corrected chi connectivity index (χ4v) is 4.61. The Bertz CT molecular complexity index is 955. The van der Waals surface area contributed by atoms with E-state index in [1.54, 1.807) is 18.0 Å². The number of thioether (sulfide) groups is 1. The standard InChI is InChI=1S/C21H26N4O4S/c26-12-16-17(27)18(28)21(29-16)25-19-15(11-24-25)20(23-13-22-19)30-10-6-2-5-9-14-7-3-1-4-8-14/h1,3-4,7-8,11,13,16-18,21,26-28H,2,5-6,9-10,12H2/t16-,17-,18-,21-/m1/s1. The normalized spacial score (nSPS) is 24.0. The highest BCUT2D eigenvalue weighted by Gasteiger charge is 2.44. The van der Waals surface area contributed by atoms with E-state index < -0.39 is 24.5 Å². The lowest BCUT2D eigenvalue weighted by Gasteiger charge is -2.15. The number of aromatic nitrogens is 4. The molecule has 3 aromatic rings. The second-order valence-corrected chi connectivity index (χ2v) is 8.46. The van der Waals surface area contributed by atoms with Gasteiger partial charge in [-0.05, 0) is 30.6 Å². The number of rotatable bonds is 9. The molecule has 3 heterocycles. The smallest absolute Gasteiger partial charge is 0.181 e. The third-order valence-corrected chi connectivity index (χ3v) is 6.40. The van der Waals surface area contributed by atoms with Gasteiger partial charge in [0, 0.05) is 0 Å². The van der Waals surface area contributed by atoms with Gasteiger partial charge in [0.1, 0.15) is 29.7 Å². The van der Waals surface area contributed by atoms with Crippen molar-refractivity contribution in [1.82, 2.24) is 19.7 Å². The second kappa shape index (κ2) is 9.84. The first-order chi connectivity index (χ1) is 14.7. The van der Waals surface area contributed by atoms with Crippen molar-refractivity contribution in [2.24, 2.45) is 0 Å². The van der Waals surface area contributed by atoms with E-state index in [1.165, 1.54) is 16.6 Å². The molecule has 0 saturated carbocycles. The first-order valence-electron chi connectivity index (χ1n) is 10.2. The highest BCUT2D eigenvalue weighted by Crippen LogP contribution is 2.32. The molecule has 0 aliphatic carbocycles. The lowest BCUT2D eigenvalue weighted by Crippen LogP contribution is -2.33. The van der Waals surface area contributed by atoms with Gasteiger partial charge in [-0.1, -0.05) is 36.8 Å². The summed E-state index contributed by atoms with van der Waals surface area (Å²) in [7, 11) is 0. The third-order valence-electron chi connectivity index (χ3n) is 5.30. The Morgan fingerprint density at radius 2 is 1.87 bits per heavy atom. The van der Waals surface area contributed by atoms with Gasteiger partial charge in [0.15, 0.2) is 11.9 Å². The van der Waals surface area contributed by atoms with Crippen LogP contribution in [-0.4, -0.2) is 65.7 Å². The molecular formula is C21H26N4O4S. The van der Waals surface area contributed by atoms with E-state index in [0.717, 1.165) is 41.8 Å². The van der Waals surface area contributed by atoms with Gasteiger partial charge in [-0.25, -0.2) is 14.6 Å². The number of aliphatic hydroxyl groups is 3. The van der Waals surface area contributed by atoms with E-state index >= 15 is 0 Å². The van der Waals surface area contributed by atoms with Crippen LogP contribution in [0.3, 0.4) is 0 Å². The maximum absolute atomic E-state index is 10.3. The van der Waals surface area contributed by atoms with Crippen LogP contribution in [0.25, 0.3) is 11.0 Å². The van der Waals surface area contributed by atoms with Gasteiger partial charge >= 0.3 is 0 Å². The minimum Gasteiger partial charge on any atom is -0.394 e. The van der Waals surface area contributed by atoms with Crippen molar-refractivity contribution in [3.05, 3.63) is 48.4 Å². The molecule has 3 N–H and O–H groups in total. The highest BCUT2D eigenvalue weighted by atomic mass is 32.2. The van der Waals surface area contributed by atoms with Crippen molar-refractivity contribution in [1.29, 1.82) is 0 Å². The molecule has 2 aromatic heterocycles. The number of benzene rings is 1. The van der Waals surface area contributed by atoms with Crippen LogP contribution in [0.1, 0.15) is 31.1 Å². The van der Waals surface area contributed by atoms with Gasteiger partial charge in [-0.15, -0.1) is 11.8 Å². The zero-order valence-corrected chi connectivity index (χ0v) is 17.4. The van der Waals surface area contributed by atoms with E-state index in [4.69, 9.17) is 4.74 Å². The van der Waals surface area contributed by atoms with Crippen LogP contribution in [0, 0.1) is 0 Å². The number of fused-ring (bicyclic) bond motifs is 1. The molecule has 4 atom stereocenters. The van der Waals surface area contributed by atoms with Crippen LogP contribution in [0.2, 0.25) is 0 Å². The van der Waals surface area contributed by atoms with Gasteiger partial charge in [0.05, 0.1) is 18.2 Å². The molecule has 1 saturated heterocycles. The minimum absolute atomic E-state index is 0.381. The van der Waals surface area contributed by atoms with Gasteiger partial charge < -0.3 is 20.1 Å². The Morgan fingerprint density at radius 3 is 2.63 bits per heavy atom. The summed E-state index contributed by atoms with van der Waals surface area (Å²) in [6.07, 6.45) is 3.50. The number of aliphatic hydroxyl groups excluding tert-OH is 3. The average molecular weight is 431 g/mol. The molecule has 0 bridgehead atoms. The van der Waals surface area contributed by atoms with Crippen LogP contribution in [0.15, 0.2) is 47.9 Å². The lowest BCUT2D eigenvalue weighted by molar-refractivity contribution is -0.0566. The summed E-state index contributed by atoms with van der Waals surface area (Å²) in [5, 5.41) is 35.5. The Balaban J connectivity index is 1.34. The molecule has 8 nitrogen and oxygen atoms in total. The maximum Gasteiger partial charge on any atom is 0.181 e. The first-order valence-corrected chi connectivity index (χ1v) is 11.1. The monoisotopic (exact) mass is 430 g/mol. The predicted octanol–water partition coefficient (Wildman–Crippen LogP) is 1.94. The van der Waals surface area contributed by atoms with Gasteiger partial charge in [0.25, 0.3) is 0 Å². The van der Waals surface area contributed by atoms with Gasteiger partial charge in [-0.3, -0.25) is 0 Å². The summed E-state index contributed by atoms with van der Waals surface area (Å²) in [5.41, 5.74) is 1.91. The van der Waals surface area contributed by atoms with Crippen molar-refractivity contribution in [2.45, 2.75) is 55.2 Å². The van der Waals surface area contributed by atoms with E-state index in [0.29, 0.717) is 5.65 Å².